The molecule has 0 unspecified atom stereocenters. The Hall–Kier alpha value is -2.43. The van der Waals surface area contributed by atoms with E-state index in [1.165, 1.54) is 44.6 Å². The van der Waals surface area contributed by atoms with E-state index in [1.54, 1.807) is 0 Å². The summed E-state index contributed by atoms with van der Waals surface area (Å²) in [6.07, 6.45) is 0. The number of carbonyl (C=O) groups is 1. The Kier molecular flexibility index (Phi) is 3.98. The lowest BCUT2D eigenvalue weighted by Gasteiger charge is -2.09. The Bertz CT molecular complexity index is 654. The molecule has 0 aromatic heterocycles. The maximum absolute atomic E-state index is 13.6. The molecule has 2 rings (SSSR count). The molecule has 0 aliphatic rings. The molecule has 0 saturated carbocycles. The lowest BCUT2D eigenvalue weighted by Crippen LogP contribution is -2.06. The van der Waals surface area contributed by atoms with E-state index in [9.17, 15) is 13.6 Å². The minimum atomic E-state index is -1.16. The number of hydrogen-bond acceptors (Lipinski definition) is 3. The van der Waals surface area contributed by atoms with Crippen LogP contribution in [0.1, 0.15) is 15.9 Å². The minimum Gasteiger partial charge on any atom is -0.493 e. The van der Waals surface area contributed by atoms with Crippen LogP contribution in [-0.2, 0) is 0 Å². The third-order valence-corrected chi connectivity index (χ3v) is 2.84. The number of benzene rings is 2. The molecule has 5 heteroatoms. The van der Waals surface area contributed by atoms with Crippen molar-refractivity contribution in [3.63, 3.8) is 0 Å². The van der Waals surface area contributed by atoms with Crippen LogP contribution in [-0.4, -0.2) is 20.0 Å². The highest BCUT2D eigenvalue weighted by molar-refractivity contribution is 6.09. The third-order valence-electron chi connectivity index (χ3n) is 2.84. The molecule has 0 spiro atoms. The van der Waals surface area contributed by atoms with Gasteiger partial charge in [0.2, 0.25) is 0 Å². The zero-order valence-electron chi connectivity index (χ0n) is 10.9. The van der Waals surface area contributed by atoms with Crippen molar-refractivity contribution < 1.29 is 23.0 Å². The molecule has 104 valence electrons. The molecule has 0 atom stereocenters. The lowest BCUT2D eigenvalue weighted by atomic mass is 10.0. The summed E-state index contributed by atoms with van der Waals surface area (Å²) in [5.74, 6) is -2.05. The Morgan fingerprint density at radius 2 is 1.70 bits per heavy atom. The topological polar surface area (TPSA) is 35.5 Å². The van der Waals surface area contributed by atoms with E-state index >= 15 is 0 Å². The fraction of sp³-hybridized carbons (Fsp3) is 0.133. The van der Waals surface area contributed by atoms with E-state index in [-0.39, 0.29) is 11.1 Å². The van der Waals surface area contributed by atoms with Crippen LogP contribution in [0.4, 0.5) is 8.78 Å². The summed E-state index contributed by atoms with van der Waals surface area (Å²) in [7, 11) is 2.89. The number of halogens is 2. The monoisotopic (exact) mass is 278 g/mol. The second-order valence-electron chi connectivity index (χ2n) is 4.00. The van der Waals surface area contributed by atoms with Gasteiger partial charge >= 0.3 is 0 Å². The Labute approximate surface area is 114 Å². The van der Waals surface area contributed by atoms with Crippen molar-refractivity contribution >= 4 is 5.78 Å². The van der Waals surface area contributed by atoms with Crippen molar-refractivity contribution in [3.05, 3.63) is 59.2 Å². The first-order valence-electron chi connectivity index (χ1n) is 5.79. The fourth-order valence-corrected chi connectivity index (χ4v) is 1.81. The molecule has 0 aliphatic carbocycles. The summed E-state index contributed by atoms with van der Waals surface area (Å²) in [5.41, 5.74) is -0.135. The maximum Gasteiger partial charge on any atom is 0.196 e. The average molecular weight is 278 g/mol. The zero-order valence-corrected chi connectivity index (χ0v) is 10.9. The molecule has 0 fully saturated rings. The molecule has 0 N–H and O–H groups in total. The molecule has 0 bridgehead atoms. The first-order chi connectivity index (χ1) is 9.58. The van der Waals surface area contributed by atoms with Gasteiger partial charge in [-0.25, -0.2) is 8.78 Å². The van der Waals surface area contributed by atoms with E-state index in [4.69, 9.17) is 9.47 Å². The summed E-state index contributed by atoms with van der Waals surface area (Å²) >= 11 is 0. The molecular weight excluding hydrogens is 266 g/mol. The second kappa shape index (κ2) is 5.69. The van der Waals surface area contributed by atoms with Gasteiger partial charge < -0.3 is 9.47 Å². The van der Waals surface area contributed by atoms with Gasteiger partial charge in [0.15, 0.2) is 28.9 Å². The van der Waals surface area contributed by atoms with E-state index in [0.29, 0.717) is 11.5 Å². The number of rotatable bonds is 4. The Morgan fingerprint density at radius 3 is 2.35 bits per heavy atom. The predicted molar refractivity (Wildman–Crippen MR) is 69.3 cm³/mol. The van der Waals surface area contributed by atoms with E-state index in [2.05, 4.69) is 0 Å². The van der Waals surface area contributed by atoms with Gasteiger partial charge in [-0.15, -0.1) is 0 Å². The molecule has 2 aromatic carbocycles. The van der Waals surface area contributed by atoms with Crippen LogP contribution in [0.2, 0.25) is 0 Å². The molecule has 0 radical (unpaired) electrons. The van der Waals surface area contributed by atoms with Crippen molar-refractivity contribution in [2.75, 3.05) is 14.2 Å². The zero-order chi connectivity index (χ0) is 14.7. The first-order valence-corrected chi connectivity index (χ1v) is 5.79. The summed E-state index contributed by atoms with van der Waals surface area (Å²) in [6, 6.07) is 7.90. The third kappa shape index (κ3) is 2.47. The molecule has 2 aromatic rings. The summed E-state index contributed by atoms with van der Waals surface area (Å²) < 4.78 is 36.9. The van der Waals surface area contributed by atoms with Crippen LogP contribution in [0.25, 0.3) is 0 Å². The van der Waals surface area contributed by atoms with Crippen LogP contribution in [0.3, 0.4) is 0 Å². The van der Waals surface area contributed by atoms with Crippen molar-refractivity contribution in [2.45, 2.75) is 0 Å². The van der Waals surface area contributed by atoms with Gasteiger partial charge in [-0.3, -0.25) is 4.79 Å². The molecule has 20 heavy (non-hydrogen) atoms. The smallest absolute Gasteiger partial charge is 0.196 e. The number of ketones is 1. The SMILES string of the molecule is COc1ccc(C(=O)c2cccc(F)c2F)cc1OC. The number of carbonyl (C=O) groups excluding carboxylic acids is 1. The average Bonchev–Trinajstić information content (AvgIpc) is 2.48. The number of ether oxygens (including phenoxy) is 2. The van der Waals surface area contributed by atoms with Crippen LogP contribution in [0.5, 0.6) is 11.5 Å². The second-order valence-corrected chi connectivity index (χ2v) is 4.00. The van der Waals surface area contributed by atoms with Crippen molar-refractivity contribution in [2.24, 2.45) is 0 Å². The summed E-state index contributed by atoms with van der Waals surface area (Å²) in [6.45, 7) is 0. The van der Waals surface area contributed by atoms with Crippen molar-refractivity contribution in [3.8, 4) is 11.5 Å². The van der Waals surface area contributed by atoms with Gasteiger partial charge in [-0.1, -0.05) is 6.07 Å². The molecule has 0 amide bonds. The highest BCUT2D eigenvalue weighted by Crippen LogP contribution is 2.29. The summed E-state index contributed by atoms with van der Waals surface area (Å²) in [4.78, 5) is 12.2. The lowest BCUT2D eigenvalue weighted by molar-refractivity contribution is 0.103. The Balaban J connectivity index is 2.46. The van der Waals surface area contributed by atoms with E-state index in [1.807, 2.05) is 0 Å². The van der Waals surface area contributed by atoms with E-state index < -0.39 is 17.4 Å². The number of hydrogen-bond donors (Lipinski definition) is 0. The first kappa shape index (κ1) is 14.0. The van der Waals surface area contributed by atoms with Gasteiger partial charge in [0.25, 0.3) is 0 Å². The number of methoxy groups -OCH3 is 2. The van der Waals surface area contributed by atoms with Crippen molar-refractivity contribution in [1.29, 1.82) is 0 Å². The standard InChI is InChI=1S/C15H12F2O3/c1-19-12-7-6-9(8-13(12)20-2)15(18)10-4-3-5-11(16)14(10)17/h3-8H,1-2H3. The highest BCUT2D eigenvalue weighted by Gasteiger charge is 2.18. The minimum absolute atomic E-state index is 0.187. The van der Waals surface area contributed by atoms with Gasteiger partial charge in [0.05, 0.1) is 19.8 Å². The van der Waals surface area contributed by atoms with Gasteiger partial charge in [-0.2, -0.15) is 0 Å². The molecular formula is C15H12F2O3. The maximum atomic E-state index is 13.6. The molecule has 3 nitrogen and oxygen atoms in total. The van der Waals surface area contributed by atoms with Gasteiger partial charge in [-0.05, 0) is 30.3 Å². The quantitative estimate of drug-likeness (QED) is 0.806. The van der Waals surface area contributed by atoms with Crippen LogP contribution >= 0.6 is 0 Å². The van der Waals surface area contributed by atoms with Crippen LogP contribution in [0.15, 0.2) is 36.4 Å². The Morgan fingerprint density at radius 1 is 1.00 bits per heavy atom. The summed E-state index contributed by atoms with van der Waals surface area (Å²) in [5, 5.41) is 0. The normalized spacial score (nSPS) is 10.2. The fourth-order valence-electron chi connectivity index (χ4n) is 1.81. The largest absolute Gasteiger partial charge is 0.493 e. The highest BCUT2D eigenvalue weighted by atomic mass is 19.2. The predicted octanol–water partition coefficient (Wildman–Crippen LogP) is 3.21. The van der Waals surface area contributed by atoms with Crippen LogP contribution in [0, 0.1) is 11.6 Å². The van der Waals surface area contributed by atoms with Crippen molar-refractivity contribution in [1.82, 2.24) is 0 Å². The molecule has 0 aliphatic heterocycles. The molecule has 0 heterocycles. The van der Waals surface area contributed by atoms with E-state index in [0.717, 1.165) is 6.07 Å². The van der Waals surface area contributed by atoms with Gasteiger partial charge in [0.1, 0.15) is 0 Å². The molecule has 0 saturated heterocycles. The van der Waals surface area contributed by atoms with Crippen LogP contribution < -0.4 is 9.47 Å². The van der Waals surface area contributed by atoms with Gasteiger partial charge in [0, 0.05) is 5.56 Å².